The third kappa shape index (κ3) is 6.60. The molecular formula is C18H29NO2. The summed E-state index contributed by atoms with van der Waals surface area (Å²) in [5, 5.41) is 3.52. The lowest BCUT2D eigenvalue weighted by Crippen LogP contribution is -2.28. The highest BCUT2D eigenvalue weighted by atomic mass is 16.5. The minimum absolute atomic E-state index is 0.502. The van der Waals surface area contributed by atoms with Gasteiger partial charge in [-0.1, -0.05) is 30.3 Å². The third-order valence-electron chi connectivity index (χ3n) is 4.20. The Morgan fingerprint density at radius 1 is 1.33 bits per heavy atom. The number of ether oxygens (including phenoxy) is 2. The van der Waals surface area contributed by atoms with Gasteiger partial charge in [0.05, 0.1) is 12.7 Å². The summed E-state index contributed by atoms with van der Waals surface area (Å²) < 4.78 is 10.9. The molecule has 0 bridgehead atoms. The number of benzene rings is 1. The Bertz CT molecular complexity index is 363. The highest BCUT2D eigenvalue weighted by Crippen LogP contribution is 2.21. The van der Waals surface area contributed by atoms with Gasteiger partial charge in [0, 0.05) is 20.3 Å². The van der Waals surface area contributed by atoms with Crippen LogP contribution in [0.25, 0.3) is 0 Å². The van der Waals surface area contributed by atoms with Crippen LogP contribution < -0.4 is 5.32 Å². The quantitative estimate of drug-likeness (QED) is 0.672. The summed E-state index contributed by atoms with van der Waals surface area (Å²) in [5.41, 5.74) is 1.43. The first kappa shape index (κ1) is 16.5. The minimum Gasteiger partial charge on any atom is -0.383 e. The van der Waals surface area contributed by atoms with Crippen molar-refractivity contribution in [3.8, 4) is 0 Å². The van der Waals surface area contributed by atoms with Crippen molar-refractivity contribution in [3.63, 3.8) is 0 Å². The summed E-state index contributed by atoms with van der Waals surface area (Å²) in [6, 6.07) is 10.8. The number of rotatable bonds is 10. The maximum absolute atomic E-state index is 5.76. The number of hydrogen-bond acceptors (Lipinski definition) is 3. The topological polar surface area (TPSA) is 30.5 Å². The molecule has 1 saturated heterocycles. The van der Waals surface area contributed by atoms with Gasteiger partial charge in [-0.15, -0.1) is 0 Å². The van der Waals surface area contributed by atoms with Gasteiger partial charge < -0.3 is 14.8 Å². The number of methoxy groups -OCH3 is 1. The summed E-state index contributed by atoms with van der Waals surface area (Å²) >= 11 is 0. The zero-order chi connectivity index (χ0) is 14.8. The van der Waals surface area contributed by atoms with Crippen molar-refractivity contribution in [2.75, 3.05) is 33.4 Å². The Kier molecular flexibility index (Phi) is 7.79. The van der Waals surface area contributed by atoms with E-state index in [1.165, 1.54) is 31.2 Å². The lowest BCUT2D eigenvalue weighted by Gasteiger charge is -2.19. The van der Waals surface area contributed by atoms with Crippen molar-refractivity contribution in [3.05, 3.63) is 35.9 Å². The van der Waals surface area contributed by atoms with Gasteiger partial charge in [0.1, 0.15) is 0 Å². The first-order chi connectivity index (χ1) is 10.4. The molecule has 1 aliphatic rings. The molecule has 0 amide bonds. The van der Waals surface area contributed by atoms with Crippen LogP contribution in [-0.2, 0) is 15.9 Å². The Labute approximate surface area is 129 Å². The molecule has 1 N–H and O–H groups in total. The van der Waals surface area contributed by atoms with Crippen molar-refractivity contribution in [1.82, 2.24) is 5.32 Å². The van der Waals surface area contributed by atoms with E-state index in [0.717, 1.165) is 32.7 Å². The average Bonchev–Trinajstić information content (AvgIpc) is 3.03. The van der Waals surface area contributed by atoms with E-state index in [-0.39, 0.29) is 0 Å². The molecule has 0 radical (unpaired) electrons. The van der Waals surface area contributed by atoms with E-state index in [1.807, 2.05) is 0 Å². The SMILES string of the molecule is COCCNCC(CCC1CCCO1)Cc1ccccc1. The van der Waals surface area contributed by atoms with E-state index >= 15 is 0 Å². The molecule has 1 fully saturated rings. The summed E-state index contributed by atoms with van der Waals surface area (Å²) in [6.07, 6.45) is 6.56. The van der Waals surface area contributed by atoms with E-state index < -0.39 is 0 Å². The molecule has 3 nitrogen and oxygen atoms in total. The number of nitrogens with one attached hydrogen (secondary N) is 1. The van der Waals surface area contributed by atoms with Gasteiger partial charge in [-0.05, 0) is 50.1 Å². The fourth-order valence-electron chi connectivity index (χ4n) is 3.00. The lowest BCUT2D eigenvalue weighted by molar-refractivity contribution is 0.0977. The second-order valence-electron chi connectivity index (χ2n) is 5.97. The van der Waals surface area contributed by atoms with Gasteiger partial charge in [-0.25, -0.2) is 0 Å². The molecule has 3 heteroatoms. The summed E-state index contributed by atoms with van der Waals surface area (Å²) in [6.45, 7) is 3.73. The van der Waals surface area contributed by atoms with E-state index in [1.54, 1.807) is 7.11 Å². The molecule has 2 unspecified atom stereocenters. The van der Waals surface area contributed by atoms with E-state index in [4.69, 9.17) is 9.47 Å². The normalized spacial score (nSPS) is 19.8. The second-order valence-corrected chi connectivity index (χ2v) is 5.97. The largest absolute Gasteiger partial charge is 0.383 e. The summed E-state index contributed by atoms with van der Waals surface area (Å²) in [4.78, 5) is 0. The van der Waals surface area contributed by atoms with Crippen LogP contribution in [0.3, 0.4) is 0 Å². The van der Waals surface area contributed by atoms with E-state index in [2.05, 4.69) is 35.6 Å². The van der Waals surface area contributed by atoms with Gasteiger partial charge in [0.2, 0.25) is 0 Å². The lowest BCUT2D eigenvalue weighted by atomic mass is 9.93. The van der Waals surface area contributed by atoms with Crippen molar-refractivity contribution in [1.29, 1.82) is 0 Å². The van der Waals surface area contributed by atoms with Crippen LogP contribution in [0.1, 0.15) is 31.2 Å². The molecule has 1 aromatic carbocycles. The zero-order valence-electron chi connectivity index (χ0n) is 13.2. The van der Waals surface area contributed by atoms with Crippen molar-refractivity contribution < 1.29 is 9.47 Å². The molecule has 2 atom stereocenters. The maximum Gasteiger partial charge on any atom is 0.0587 e. The first-order valence-electron chi connectivity index (χ1n) is 8.23. The molecule has 21 heavy (non-hydrogen) atoms. The highest BCUT2D eigenvalue weighted by Gasteiger charge is 2.18. The maximum atomic E-state index is 5.76. The van der Waals surface area contributed by atoms with Gasteiger partial charge in [-0.3, -0.25) is 0 Å². The smallest absolute Gasteiger partial charge is 0.0587 e. The zero-order valence-corrected chi connectivity index (χ0v) is 13.2. The molecule has 0 spiro atoms. The van der Waals surface area contributed by atoms with E-state index in [0.29, 0.717) is 12.0 Å². The van der Waals surface area contributed by atoms with Gasteiger partial charge in [0.15, 0.2) is 0 Å². The molecule has 1 heterocycles. The van der Waals surface area contributed by atoms with Crippen LogP contribution in [0.4, 0.5) is 0 Å². The molecular weight excluding hydrogens is 262 g/mol. The fourth-order valence-corrected chi connectivity index (χ4v) is 3.00. The summed E-state index contributed by atoms with van der Waals surface area (Å²) in [5.74, 6) is 0.674. The molecule has 0 saturated carbocycles. The van der Waals surface area contributed by atoms with Gasteiger partial charge in [-0.2, -0.15) is 0 Å². The predicted octanol–water partition coefficient (Wildman–Crippen LogP) is 3.04. The average molecular weight is 291 g/mol. The molecule has 1 aromatic rings. The highest BCUT2D eigenvalue weighted by molar-refractivity contribution is 5.15. The van der Waals surface area contributed by atoms with E-state index in [9.17, 15) is 0 Å². The molecule has 2 rings (SSSR count). The Morgan fingerprint density at radius 3 is 2.90 bits per heavy atom. The minimum atomic E-state index is 0.502. The molecule has 0 aliphatic carbocycles. The van der Waals surface area contributed by atoms with Crippen LogP contribution in [0, 0.1) is 5.92 Å². The van der Waals surface area contributed by atoms with Crippen LogP contribution in [0.5, 0.6) is 0 Å². The van der Waals surface area contributed by atoms with Crippen LogP contribution in [-0.4, -0.2) is 39.5 Å². The second kappa shape index (κ2) is 9.93. The van der Waals surface area contributed by atoms with Crippen LogP contribution in [0.15, 0.2) is 30.3 Å². The molecule has 0 aromatic heterocycles. The fraction of sp³-hybridized carbons (Fsp3) is 0.667. The van der Waals surface area contributed by atoms with Gasteiger partial charge >= 0.3 is 0 Å². The van der Waals surface area contributed by atoms with Crippen molar-refractivity contribution in [2.45, 2.75) is 38.2 Å². The Morgan fingerprint density at radius 2 is 2.19 bits per heavy atom. The monoisotopic (exact) mass is 291 g/mol. The molecule has 118 valence electrons. The van der Waals surface area contributed by atoms with Crippen LogP contribution >= 0.6 is 0 Å². The van der Waals surface area contributed by atoms with Gasteiger partial charge in [0.25, 0.3) is 0 Å². The predicted molar refractivity (Wildman–Crippen MR) is 86.6 cm³/mol. The van der Waals surface area contributed by atoms with Crippen molar-refractivity contribution in [2.24, 2.45) is 5.92 Å². The Balaban J connectivity index is 1.77. The molecule has 1 aliphatic heterocycles. The van der Waals surface area contributed by atoms with Crippen molar-refractivity contribution >= 4 is 0 Å². The third-order valence-corrected chi connectivity index (χ3v) is 4.20. The number of hydrogen-bond donors (Lipinski definition) is 1. The summed E-state index contributed by atoms with van der Waals surface area (Å²) in [7, 11) is 1.75. The van der Waals surface area contributed by atoms with Crippen LogP contribution in [0.2, 0.25) is 0 Å². The Hall–Kier alpha value is -0.900. The first-order valence-corrected chi connectivity index (χ1v) is 8.23. The standard InChI is InChI=1S/C18H29NO2/c1-20-13-11-19-15-17(9-10-18-8-5-12-21-18)14-16-6-3-2-4-7-16/h2-4,6-7,17-19H,5,8-15H2,1H3.